The van der Waals surface area contributed by atoms with Gasteiger partial charge in [0.15, 0.2) is 6.10 Å². The number of rotatable bonds is 15. The van der Waals surface area contributed by atoms with Crippen LogP contribution in [0.2, 0.25) is 0 Å². The van der Waals surface area contributed by atoms with Crippen molar-refractivity contribution in [1.82, 2.24) is 4.90 Å². The first kappa shape index (κ1) is 28.7. The molecule has 0 radical (unpaired) electrons. The molecule has 3 aromatic carbocycles. The summed E-state index contributed by atoms with van der Waals surface area (Å²) in [5.74, 6) is -0.736. The van der Waals surface area contributed by atoms with Crippen molar-refractivity contribution >= 4 is 12.1 Å². The molecule has 0 spiro atoms. The number of hydrogen-bond donors (Lipinski definition) is 1. The van der Waals surface area contributed by atoms with Crippen LogP contribution in [0, 0.1) is 5.82 Å². The Morgan fingerprint density at radius 1 is 0.895 bits per heavy atom. The van der Waals surface area contributed by atoms with Gasteiger partial charge in [-0.15, -0.1) is 0 Å². The molecule has 0 aliphatic carbocycles. The summed E-state index contributed by atoms with van der Waals surface area (Å²) in [6.45, 7) is 3.06. The average Bonchev–Trinajstić information content (AvgIpc) is 2.91. The van der Waals surface area contributed by atoms with E-state index in [0.29, 0.717) is 18.9 Å². The molecule has 3 aromatic rings. The molecule has 0 aliphatic heterocycles. The number of nitrogens with zero attached hydrogens (tertiary/aromatic N) is 1. The van der Waals surface area contributed by atoms with Crippen LogP contribution in [0.4, 0.5) is 9.18 Å². The Morgan fingerprint density at radius 3 is 2.34 bits per heavy atom. The molecule has 7 nitrogen and oxygen atoms in total. The van der Waals surface area contributed by atoms with Gasteiger partial charge in [-0.25, -0.2) is 14.0 Å². The predicted molar refractivity (Wildman–Crippen MR) is 142 cm³/mol. The molecule has 38 heavy (non-hydrogen) atoms. The summed E-state index contributed by atoms with van der Waals surface area (Å²) in [7, 11) is 0. The summed E-state index contributed by atoms with van der Waals surface area (Å²) >= 11 is 0. The zero-order valence-electron chi connectivity index (χ0n) is 21.6. The van der Waals surface area contributed by atoms with Gasteiger partial charge in [-0.2, -0.15) is 0 Å². The largest absolute Gasteiger partial charge is 0.492 e. The van der Waals surface area contributed by atoms with Gasteiger partial charge >= 0.3 is 12.1 Å². The molecule has 0 saturated carbocycles. The predicted octanol–water partition coefficient (Wildman–Crippen LogP) is 5.76. The highest BCUT2D eigenvalue weighted by atomic mass is 19.1. The van der Waals surface area contributed by atoms with E-state index in [0.717, 1.165) is 24.8 Å². The number of carboxylic acid groups (broad SMARTS) is 1. The molecule has 0 fully saturated rings. The number of benzene rings is 3. The van der Waals surface area contributed by atoms with E-state index < -0.39 is 24.0 Å². The maximum atomic E-state index is 13.5. The van der Waals surface area contributed by atoms with E-state index in [9.17, 15) is 19.1 Å². The minimum Gasteiger partial charge on any atom is -0.492 e. The molecule has 0 heterocycles. The molecule has 1 atom stereocenters. The number of amides is 1. The van der Waals surface area contributed by atoms with Crippen LogP contribution in [0.1, 0.15) is 30.9 Å². The van der Waals surface area contributed by atoms with E-state index in [1.165, 1.54) is 29.8 Å². The normalized spacial score (nSPS) is 11.5. The monoisotopic (exact) mass is 523 g/mol. The molecule has 202 valence electrons. The van der Waals surface area contributed by atoms with Gasteiger partial charge in [-0.05, 0) is 61.6 Å². The van der Waals surface area contributed by atoms with Crippen LogP contribution in [0.5, 0.6) is 11.5 Å². The van der Waals surface area contributed by atoms with Crippen LogP contribution in [-0.2, 0) is 22.4 Å². The van der Waals surface area contributed by atoms with Crippen molar-refractivity contribution in [3.8, 4) is 11.5 Å². The fourth-order valence-electron chi connectivity index (χ4n) is 3.89. The minimum absolute atomic E-state index is 0.146. The number of hydrogen-bond acceptors (Lipinski definition) is 5. The Labute approximate surface area is 222 Å². The van der Waals surface area contributed by atoms with Crippen molar-refractivity contribution in [2.75, 3.05) is 26.3 Å². The van der Waals surface area contributed by atoms with Gasteiger partial charge in [0.25, 0.3) is 0 Å². The second-order valence-electron chi connectivity index (χ2n) is 8.73. The summed E-state index contributed by atoms with van der Waals surface area (Å²) in [6.07, 6.45) is 1.37. The molecule has 1 unspecified atom stereocenters. The molecular formula is C30H34FNO6. The van der Waals surface area contributed by atoms with Gasteiger partial charge in [-0.1, -0.05) is 48.5 Å². The van der Waals surface area contributed by atoms with Gasteiger partial charge < -0.3 is 24.2 Å². The van der Waals surface area contributed by atoms with Crippen molar-refractivity contribution in [2.45, 2.75) is 38.7 Å². The Bertz CT molecular complexity index is 1140. The second-order valence-corrected chi connectivity index (χ2v) is 8.73. The van der Waals surface area contributed by atoms with Crippen LogP contribution in [0.15, 0.2) is 78.9 Å². The lowest BCUT2D eigenvalue weighted by molar-refractivity contribution is -0.149. The third-order valence-electron chi connectivity index (χ3n) is 5.86. The zero-order chi connectivity index (χ0) is 27.2. The van der Waals surface area contributed by atoms with Gasteiger partial charge in [0.05, 0.1) is 6.54 Å². The van der Waals surface area contributed by atoms with Crippen molar-refractivity contribution in [2.24, 2.45) is 0 Å². The topological polar surface area (TPSA) is 85.3 Å². The number of carboxylic acids is 1. The number of carbonyl (C=O) groups is 2. The molecule has 3 rings (SSSR count). The van der Waals surface area contributed by atoms with Gasteiger partial charge in [0, 0.05) is 25.6 Å². The minimum atomic E-state index is -0.999. The Balaban J connectivity index is 1.53. The van der Waals surface area contributed by atoms with Crippen molar-refractivity contribution < 1.29 is 33.3 Å². The second kappa shape index (κ2) is 15.4. The first-order valence-corrected chi connectivity index (χ1v) is 12.8. The molecule has 0 saturated heterocycles. The number of halogens is 1. The SMILES string of the molecule is CCOC(Cc1ccc(OCCN(CCCCc2ccccc2)C(=O)Oc2cccc(F)c2)cc1)C(=O)O. The van der Waals surface area contributed by atoms with E-state index in [4.69, 9.17) is 14.2 Å². The number of carbonyl (C=O) groups excluding carboxylic acids is 1. The van der Waals surface area contributed by atoms with Crippen LogP contribution in [-0.4, -0.2) is 54.5 Å². The van der Waals surface area contributed by atoms with Crippen molar-refractivity contribution in [3.63, 3.8) is 0 Å². The maximum absolute atomic E-state index is 13.5. The molecule has 0 aliphatic rings. The highest BCUT2D eigenvalue weighted by molar-refractivity contribution is 5.72. The summed E-state index contributed by atoms with van der Waals surface area (Å²) in [5.41, 5.74) is 2.06. The Kier molecular flexibility index (Phi) is 11.6. The zero-order valence-corrected chi connectivity index (χ0v) is 21.6. The summed E-state index contributed by atoms with van der Waals surface area (Å²) in [4.78, 5) is 25.7. The van der Waals surface area contributed by atoms with E-state index in [1.807, 2.05) is 18.2 Å². The first-order valence-electron chi connectivity index (χ1n) is 12.8. The van der Waals surface area contributed by atoms with Crippen LogP contribution in [0.3, 0.4) is 0 Å². The highest BCUT2D eigenvalue weighted by Gasteiger charge is 2.18. The fourth-order valence-corrected chi connectivity index (χ4v) is 3.89. The highest BCUT2D eigenvalue weighted by Crippen LogP contribution is 2.16. The molecule has 1 N–H and O–H groups in total. The smallest absolute Gasteiger partial charge is 0.415 e. The van der Waals surface area contributed by atoms with Crippen LogP contribution < -0.4 is 9.47 Å². The molecular weight excluding hydrogens is 489 g/mol. The van der Waals surface area contributed by atoms with E-state index in [1.54, 1.807) is 36.1 Å². The average molecular weight is 524 g/mol. The van der Waals surface area contributed by atoms with Crippen molar-refractivity contribution in [3.05, 3.63) is 95.8 Å². The third-order valence-corrected chi connectivity index (χ3v) is 5.86. The lowest BCUT2D eigenvalue weighted by Gasteiger charge is -2.22. The number of ether oxygens (including phenoxy) is 3. The van der Waals surface area contributed by atoms with E-state index in [2.05, 4.69) is 12.1 Å². The molecule has 0 bridgehead atoms. The van der Waals surface area contributed by atoms with Crippen LogP contribution in [0.25, 0.3) is 0 Å². The lowest BCUT2D eigenvalue weighted by atomic mass is 10.1. The number of aliphatic carboxylic acids is 1. The molecule has 1 amide bonds. The number of aryl methyl sites for hydroxylation is 1. The standard InChI is InChI=1S/C30H34FNO6/c1-2-36-28(29(33)34)21-24-14-16-26(17-15-24)37-20-19-32(18-7-6-11-23-9-4-3-5-10-23)30(35)38-27-13-8-12-25(31)22-27/h3-5,8-10,12-17,22,28H,2,6-7,11,18-21H2,1H3,(H,33,34). The van der Waals surface area contributed by atoms with E-state index in [-0.39, 0.29) is 25.3 Å². The quantitative estimate of drug-likeness (QED) is 0.255. The van der Waals surface area contributed by atoms with Gasteiger partial charge in [0.2, 0.25) is 0 Å². The number of unbranched alkanes of at least 4 members (excludes halogenated alkanes) is 1. The maximum Gasteiger partial charge on any atom is 0.415 e. The molecule has 8 heteroatoms. The van der Waals surface area contributed by atoms with Crippen LogP contribution >= 0.6 is 0 Å². The summed E-state index contributed by atoms with van der Waals surface area (Å²) < 4.78 is 30.0. The van der Waals surface area contributed by atoms with Gasteiger partial charge in [-0.3, -0.25) is 0 Å². The Hall–Kier alpha value is -3.91. The van der Waals surface area contributed by atoms with Gasteiger partial charge in [0.1, 0.15) is 23.9 Å². The first-order chi connectivity index (χ1) is 18.4. The Morgan fingerprint density at radius 2 is 1.66 bits per heavy atom. The van der Waals surface area contributed by atoms with Crippen molar-refractivity contribution in [1.29, 1.82) is 0 Å². The van der Waals surface area contributed by atoms with E-state index >= 15 is 0 Å². The summed E-state index contributed by atoms with van der Waals surface area (Å²) in [6, 6.07) is 22.7. The fraction of sp³-hybridized carbons (Fsp3) is 0.333. The third kappa shape index (κ3) is 9.86. The summed E-state index contributed by atoms with van der Waals surface area (Å²) in [5, 5.41) is 9.26. The molecule has 0 aromatic heterocycles. The lowest BCUT2D eigenvalue weighted by Crippen LogP contribution is -2.37.